The standard InChI is InChI=1S/C28H36FN3O2/c1-2-34-16-6-15-32-27-18-26(31-25-7-4-3-5-8-25)14-11-22(27)17-23(28(32)33)20-30-19-21-9-12-24(29)13-10-21/h9-14,17-18,25,30-31H,2-8,15-16,19-20H2,1H3. The second-order valence-corrected chi connectivity index (χ2v) is 9.16. The van der Waals surface area contributed by atoms with Crippen molar-refractivity contribution in [3.63, 3.8) is 0 Å². The number of hydrogen-bond donors (Lipinski definition) is 2. The molecule has 2 N–H and O–H groups in total. The van der Waals surface area contributed by atoms with E-state index in [-0.39, 0.29) is 11.4 Å². The van der Waals surface area contributed by atoms with Gasteiger partial charge in [0.1, 0.15) is 5.82 Å². The van der Waals surface area contributed by atoms with Crippen LogP contribution in [0.4, 0.5) is 10.1 Å². The summed E-state index contributed by atoms with van der Waals surface area (Å²) in [5, 5.41) is 8.09. The first-order chi connectivity index (χ1) is 16.6. The zero-order chi connectivity index (χ0) is 23.8. The molecule has 5 nitrogen and oxygen atoms in total. The molecule has 1 saturated carbocycles. The Bertz CT molecular complexity index is 1120. The lowest BCUT2D eigenvalue weighted by molar-refractivity contribution is 0.141. The average Bonchev–Trinajstić information content (AvgIpc) is 2.85. The second kappa shape index (κ2) is 12.1. The molecule has 6 heteroatoms. The Hall–Kier alpha value is -2.70. The van der Waals surface area contributed by atoms with Crippen molar-refractivity contribution >= 4 is 16.6 Å². The topological polar surface area (TPSA) is 55.3 Å². The first-order valence-corrected chi connectivity index (χ1v) is 12.6. The third-order valence-corrected chi connectivity index (χ3v) is 6.58. The molecule has 4 rings (SSSR count). The number of rotatable bonds is 11. The molecule has 0 spiro atoms. The maximum atomic E-state index is 13.4. The molecule has 1 heterocycles. The molecule has 0 amide bonds. The van der Waals surface area contributed by atoms with Crippen molar-refractivity contribution in [2.45, 2.75) is 71.1 Å². The molecule has 3 aromatic rings. The predicted molar refractivity (Wildman–Crippen MR) is 137 cm³/mol. The van der Waals surface area contributed by atoms with Gasteiger partial charge in [-0.3, -0.25) is 4.79 Å². The van der Waals surface area contributed by atoms with Gasteiger partial charge >= 0.3 is 0 Å². The Morgan fingerprint density at radius 3 is 2.59 bits per heavy atom. The summed E-state index contributed by atoms with van der Waals surface area (Å²) in [7, 11) is 0. The summed E-state index contributed by atoms with van der Waals surface area (Å²) in [4.78, 5) is 13.4. The van der Waals surface area contributed by atoms with E-state index in [1.807, 2.05) is 17.6 Å². The van der Waals surface area contributed by atoms with Gasteiger partial charge in [-0.2, -0.15) is 0 Å². The van der Waals surface area contributed by atoms with Crippen LogP contribution < -0.4 is 16.2 Å². The van der Waals surface area contributed by atoms with E-state index in [1.165, 1.54) is 44.2 Å². The van der Waals surface area contributed by atoms with Crippen LogP contribution in [0.2, 0.25) is 0 Å². The highest BCUT2D eigenvalue weighted by Crippen LogP contribution is 2.24. The average molecular weight is 466 g/mol. The van der Waals surface area contributed by atoms with Crippen LogP contribution in [-0.4, -0.2) is 23.8 Å². The molecule has 0 radical (unpaired) electrons. The lowest BCUT2D eigenvalue weighted by Crippen LogP contribution is -2.28. The zero-order valence-electron chi connectivity index (χ0n) is 20.1. The first kappa shape index (κ1) is 24.4. The van der Waals surface area contributed by atoms with Crippen LogP contribution in [0.3, 0.4) is 0 Å². The maximum absolute atomic E-state index is 13.4. The van der Waals surface area contributed by atoms with Crippen LogP contribution in [0.1, 0.15) is 56.6 Å². The van der Waals surface area contributed by atoms with Gasteiger partial charge in [-0.25, -0.2) is 4.39 Å². The molecular formula is C28H36FN3O2. The number of nitrogens with one attached hydrogen (secondary N) is 2. The molecule has 182 valence electrons. The highest BCUT2D eigenvalue weighted by Gasteiger charge is 2.15. The van der Waals surface area contributed by atoms with Gasteiger partial charge in [0.05, 0.1) is 5.52 Å². The monoisotopic (exact) mass is 465 g/mol. The van der Waals surface area contributed by atoms with Gasteiger partial charge in [0.25, 0.3) is 5.56 Å². The summed E-state index contributed by atoms with van der Waals surface area (Å²) in [5.41, 5.74) is 3.80. The fourth-order valence-corrected chi connectivity index (χ4v) is 4.77. The third-order valence-electron chi connectivity index (χ3n) is 6.58. The Kier molecular flexibility index (Phi) is 8.72. The number of pyridine rings is 1. The van der Waals surface area contributed by atoms with E-state index in [0.29, 0.717) is 38.9 Å². The summed E-state index contributed by atoms with van der Waals surface area (Å²) in [6.45, 7) is 4.95. The van der Waals surface area contributed by atoms with E-state index < -0.39 is 0 Å². The summed E-state index contributed by atoms with van der Waals surface area (Å²) < 4.78 is 20.6. The van der Waals surface area contributed by atoms with Crippen molar-refractivity contribution in [1.29, 1.82) is 0 Å². The van der Waals surface area contributed by atoms with Crippen molar-refractivity contribution in [3.8, 4) is 0 Å². The minimum atomic E-state index is -0.245. The van der Waals surface area contributed by atoms with Gasteiger partial charge in [-0.1, -0.05) is 37.5 Å². The smallest absolute Gasteiger partial charge is 0.255 e. The van der Waals surface area contributed by atoms with Gasteiger partial charge in [-0.15, -0.1) is 0 Å². The Morgan fingerprint density at radius 2 is 1.82 bits per heavy atom. The molecule has 0 bridgehead atoms. The number of nitrogens with zero attached hydrogens (tertiary/aromatic N) is 1. The minimum Gasteiger partial charge on any atom is -0.382 e. The van der Waals surface area contributed by atoms with Crippen LogP contribution >= 0.6 is 0 Å². The van der Waals surface area contributed by atoms with E-state index in [2.05, 4.69) is 28.8 Å². The highest BCUT2D eigenvalue weighted by molar-refractivity contribution is 5.83. The van der Waals surface area contributed by atoms with Gasteiger partial charge in [0.15, 0.2) is 0 Å². The Labute approximate surface area is 201 Å². The summed E-state index contributed by atoms with van der Waals surface area (Å²) >= 11 is 0. The van der Waals surface area contributed by atoms with Gasteiger partial charge < -0.3 is 19.9 Å². The zero-order valence-corrected chi connectivity index (χ0v) is 20.1. The molecule has 0 aliphatic heterocycles. The lowest BCUT2D eigenvalue weighted by Gasteiger charge is -2.24. The van der Waals surface area contributed by atoms with Crippen LogP contribution in [0.5, 0.6) is 0 Å². The second-order valence-electron chi connectivity index (χ2n) is 9.16. The summed E-state index contributed by atoms with van der Waals surface area (Å²) in [6.07, 6.45) is 7.09. The molecule has 34 heavy (non-hydrogen) atoms. The summed E-state index contributed by atoms with van der Waals surface area (Å²) in [6, 6.07) is 15.3. The largest absolute Gasteiger partial charge is 0.382 e. The lowest BCUT2D eigenvalue weighted by atomic mass is 9.95. The quantitative estimate of drug-likeness (QED) is 0.362. The molecule has 1 aliphatic carbocycles. The SMILES string of the molecule is CCOCCCn1c(=O)c(CNCc2ccc(F)cc2)cc2ccc(NC3CCCCC3)cc21. The predicted octanol–water partition coefficient (Wildman–Crippen LogP) is 5.60. The van der Waals surface area contributed by atoms with Crippen molar-refractivity contribution < 1.29 is 9.13 Å². The van der Waals surface area contributed by atoms with Crippen LogP contribution in [0, 0.1) is 5.82 Å². The van der Waals surface area contributed by atoms with E-state index >= 15 is 0 Å². The molecule has 0 unspecified atom stereocenters. The highest BCUT2D eigenvalue weighted by atomic mass is 19.1. The summed E-state index contributed by atoms with van der Waals surface area (Å²) in [5.74, 6) is -0.245. The number of ether oxygens (including phenoxy) is 1. The van der Waals surface area contributed by atoms with E-state index in [1.54, 1.807) is 12.1 Å². The van der Waals surface area contributed by atoms with E-state index in [4.69, 9.17) is 4.74 Å². The number of halogens is 1. The third kappa shape index (κ3) is 6.45. The van der Waals surface area contributed by atoms with Crippen molar-refractivity contribution in [1.82, 2.24) is 9.88 Å². The number of aromatic nitrogens is 1. The first-order valence-electron chi connectivity index (χ1n) is 12.6. The number of anilines is 1. The fourth-order valence-electron chi connectivity index (χ4n) is 4.77. The molecule has 2 aromatic carbocycles. The Balaban J connectivity index is 1.55. The van der Waals surface area contributed by atoms with Crippen molar-refractivity contribution in [3.05, 3.63) is 75.8 Å². The normalized spacial score (nSPS) is 14.5. The van der Waals surface area contributed by atoms with Gasteiger partial charge in [0.2, 0.25) is 0 Å². The molecule has 0 saturated heterocycles. The maximum Gasteiger partial charge on any atom is 0.255 e. The van der Waals surface area contributed by atoms with Crippen LogP contribution in [0.15, 0.2) is 53.3 Å². The van der Waals surface area contributed by atoms with Gasteiger partial charge in [-0.05, 0) is 67.5 Å². The number of hydrogen-bond acceptors (Lipinski definition) is 4. The fraction of sp³-hybridized carbons (Fsp3) is 0.464. The van der Waals surface area contributed by atoms with E-state index in [0.717, 1.165) is 34.1 Å². The van der Waals surface area contributed by atoms with Crippen molar-refractivity contribution in [2.75, 3.05) is 18.5 Å². The van der Waals surface area contributed by atoms with Crippen molar-refractivity contribution in [2.24, 2.45) is 0 Å². The van der Waals surface area contributed by atoms with Crippen LogP contribution in [-0.2, 0) is 24.4 Å². The molecule has 1 aliphatic rings. The molecular weight excluding hydrogens is 429 g/mol. The minimum absolute atomic E-state index is 0.0328. The number of fused-ring (bicyclic) bond motifs is 1. The molecule has 0 atom stereocenters. The molecule has 1 fully saturated rings. The number of benzene rings is 2. The molecule has 1 aromatic heterocycles. The van der Waals surface area contributed by atoms with E-state index in [9.17, 15) is 9.18 Å². The van der Waals surface area contributed by atoms with Gasteiger partial charge in [0, 0.05) is 50.1 Å². The van der Waals surface area contributed by atoms with Crippen LogP contribution in [0.25, 0.3) is 10.9 Å². The number of aryl methyl sites for hydroxylation is 1. The Morgan fingerprint density at radius 1 is 1.03 bits per heavy atom.